The first-order chi connectivity index (χ1) is 8.72. The van der Waals surface area contributed by atoms with Crippen molar-refractivity contribution in [3.8, 4) is 0 Å². The molecule has 1 aliphatic heterocycles. The summed E-state index contributed by atoms with van der Waals surface area (Å²) in [7, 11) is 0. The standard InChI is InChI=1S/C13H14N4O/c14-13-15-11-8-17(7-10(11)12(18)16-13)6-9-4-2-1-3-5-9/h1-5H,6-8H2,(H3,14,15,16,18). The molecular weight excluding hydrogens is 228 g/mol. The number of nitrogen functional groups attached to an aromatic ring is 1. The molecule has 0 spiro atoms. The third kappa shape index (κ3) is 2.00. The predicted molar refractivity (Wildman–Crippen MR) is 68.7 cm³/mol. The fraction of sp³-hybridized carbons (Fsp3) is 0.231. The number of rotatable bonds is 2. The first-order valence-electron chi connectivity index (χ1n) is 5.86. The van der Waals surface area contributed by atoms with Crippen molar-refractivity contribution < 1.29 is 0 Å². The number of nitrogens with two attached hydrogens (primary N) is 1. The lowest BCUT2D eigenvalue weighted by Crippen LogP contribution is -2.18. The number of nitrogens with one attached hydrogen (secondary N) is 1. The highest BCUT2D eigenvalue weighted by atomic mass is 16.1. The van der Waals surface area contributed by atoms with Crippen LogP contribution < -0.4 is 11.3 Å². The highest BCUT2D eigenvalue weighted by Gasteiger charge is 2.23. The van der Waals surface area contributed by atoms with E-state index in [2.05, 4.69) is 27.0 Å². The normalized spacial score (nSPS) is 14.7. The smallest absolute Gasteiger partial charge is 0.257 e. The van der Waals surface area contributed by atoms with E-state index in [0.717, 1.165) is 17.8 Å². The molecule has 1 aromatic carbocycles. The Morgan fingerprint density at radius 3 is 2.83 bits per heavy atom. The van der Waals surface area contributed by atoms with Crippen LogP contribution in [-0.2, 0) is 19.6 Å². The van der Waals surface area contributed by atoms with Crippen LogP contribution in [0.1, 0.15) is 16.8 Å². The number of hydrogen-bond donors (Lipinski definition) is 2. The molecule has 18 heavy (non-hydrogen) atoms. The molecule has 0 saturated carbocycles. The van der Waals surface area contributed by atoms with Gasteiger partial charge in [-0.25, -0.2) is 4.98 Å². The van der Waals surface area contributed by atoms with Gasteiger partial charge in [0.15, 0.2) is 0 Å². The van der Waals surface area contributed by atoms with E-state index in [1.165, 1.54) is 5.56 Å². The van der Waals surface area contributed by atoms with Crippen molar-refractivity contribution in [1.82, 2.24) is 14.9 Å². The van der Waals surface area contributed by atoms with Crippen LogP contribution in [0.25, 0.3) is 0 Å². The fourth-order valence-electron chi connectivity index (χ4n) is 2.30. The zero-order valence-corrected chi connectivity index (χ0v) is 9.89. The van der Waals surface area contributed by atoms with Gasteiger partial charge in [-0.05, 0) is 5.56 Å². The largest absolute Gasteiger partial charge is 0.369 e. The van der Waals surface area contributed by atoms with Crippen molar-refractivity contribution in [1.29, 1.82) is 0 Å². The Labute approximate surface area is 104 Å². The minimum Gasteiger partial charge on any atom is -0.369 e. The van der Waals surface area contributed by atoms with Crippen LogP contribution in [0.4, 0.5) is 5.95 Å². The lowest BCUT2D eigenvalue weighted by molar-refractivity contribution is 0.273. The van der Waals surface area contributed by atoms with E-state index in [0.29, 0.717) is 13.1 Å². The third-order valence-electron chi connectivity index (χ3n) is 3.12. The molecule has 92 valence electrons. The summed E-state index contributed by atoms with van der Waals surface area (Å²) in [4.78, 5) is 20.6. The second kappa shape index (κ2) is 4.27. The summed E-state index contributed by atoms with van der Waals surface area (Å²) in [5.41, 5.74) is 8.19. The van der Waals surface area contributed by atoms with Crippen molar-refractivity contribution in [2.45, 2.75) is 19.6 Å². The zero-order valence-electron chi connectivity index (χ0n) is 9.89. The molecule has 2 heterocycles. The van der Waals surface area contributed by atoms with Crippen LogP contribution in [0.3, 0.4) is 0 Å². The summed E-state index contributed by atoms with van der Waals surface area (Å²) in [5, 5.41) is 0. The molecule has 0 aliphatic carbocycles. The van der Waals surface area contributed by atoms with Gasteiger partial charge in [0.25, 0.3) is 5.56 Å². The number of aromatic amines is 1. The molecule has 0 bridgehead atoms. The maximum absolute atomic E-state index is 11.7. The number of anilines is 1. The highest BCUT2D eigenvalue weighted by molar-refractivity contribution is 5.28. The molecule has 0 atom stereocenters. The molecule has 0 fully saturated rings. The number of aromatic nitrogens is 2. The minimum absolute atomic E-state index is 0.118. The van der Waals surface area contributed by atoms with E-state index in [9.17, 15) is 4.79 Å². The van der Waals surface area contributed by atoms with Gasteiger partial charge in [0.1, 0.15) is 0 Å². The topological polar surface area (TPSA) is 75.0 Å². The summed E-state index contributed by atoms with van der Waals surface area (Å²) in [5.74, 6) is 0.195. The Hall–Kier alpha value is -2.14. The van der Waals surface area contributed by atoms with Gasteiger partial charge in [-0.3, -0.25) is 14.7 Å². The Balaban J connectivity index is 1.81. The van der Waals surface area contributed by atoms with Crippen LogP contribution in [0, 0.1) is 0 Å². The van der Waals surface area contributed by atoms with Gasteiger partial charge in [-0.2, -0.15) is 0 Å². The van der Waals surface area contributed by atoms with Gasteiger partial charge in [-0.1, -0.05) is 30.3 Å². The number of nitrogens with zero attached hydrogens (tertiary/aromatic N) is 2. The van der Waals surface area contributed by atoms with Gasteiger partial charge in [0.05, 0.1) is 11.3 Å². The van der Waals surface area contributed by atoms with E-state index in [1.54, 1.807) is 0 Å². The number of fused-ring (bicyclic) bond motifs is 1. The molecule has 3 N–H and O–H groups in total. The first-order valence-corrected chi connectivity index (χ1v) is 5.86. The van der Waals surface area contributed by atoms with E-state index >= 15 is 0 Å². The van der Waals surface area contributed by atoms with E-state index in [1.807, 2.05) is 18.2 Å². The Morgan fingerprint density at radius 2 is 2.06 bits per heavy atom. The van der Waals surface area contributed by atoms with Gasteiger partial charge in [0.2, 0.25) is 5.95 Å². The van der Waals surface area contributed by atoms with Crippen molar-refractivity contribution in [3.63, 3.8) is 0 Å². The van der Waals surface area contributed by atoms with Crippen LogP contribution in [-0.4, -0.2) is 14.9 Å². The Bertz CT molecular complexity index is 621. The summed E-state index contributed by atoms with van der Waals surface area (Å²) in [6.45, 7) is 2.13. The quantitative estimate of drug-likeness (QED) is 0.819. The number of H-pyrrole nitrogens is 1. The molecule has 3 rings (SSSR count). The maximum atomic E-state index is 11.7. The van der Waals surface area contributed by atoms with Crippen LogP contribution >= 0.6 is 0 Å². The van der Waals surface area contributed by atoms with Crippen molar-refractivity contribution in [2.75, 3.05) is 5.73 Å². The summed E-state index contributed by atoms with van der Waals surface area (Å²) >= 11 is 0. The average molecular weight is 242 g/mol. The Morgan fingerprint density at radius 1 is 1.28 bits per heavy atom. The monoisotopic (exact) mass is 242 g/mol. The second-order valence-corrected chi connectivity index (χ2v) is 4.51. The second-order valence-electron chi connectivity index (χ2n) is 4.51. The Kier molecular flexibility index (Phi) is 2.60. The third-order valence-corrected chi connectivity index (χ3v) is 3.12. The van der Waals surface area contributed by atoms with Crippen molar-refractivity contribution >= 4 is 5.95 Å². The van der Waals surface area contributed by atoms with Crippen LogP contribution in [0.15, 0.2) is 35.1 Å². The molecule has 1 aliphatic rings. The number of benzene rings is 1. The highest BCUT2D eigenvalue weighted by Crippen LogP contribution is 2.20. The molecule has 0 amide bonds. The summed E-state index contributed by atoms with van der Waals surface area (Å²) < 4.78 is 0. The molecule has 0 unspecified atom stereocenters. The van der Waals surface area contributed by atoms with E-state index in [-0.39, 0.29) is 11.5 Å². The maximum Gasteiger partial charge on any atom is 0.257 e. The first kappa shape index (κ1) is 11.0. The van der Waals surface area contributed by atoms with Crippen molar-refractivity contribution in [3.05, 3.63) is 57.5 Å². The van der Waals surface area contributed by atoms with Gasteiger partial charge in [-0.15, -0.1) is 0 Å². The number of hydrogen-bond acceptors (Lipinski definition) is 4. The predicted octanol–water partition coefficient (Wildman–Crippen LogP) is 0.868. The molecule has 5 heteroatoms. The lowest BCUT2D eigenvalue weighted by atomic mass is 10.2. The molecule has 0 saturated heterocycles. The van der Waals surface area contributed by atoms with E-state index in [4.69, 9.17) is 5.73 Å². The minimum atomic E-state index is -0.118. The van der Waals surface area contributed by atoms with Gasteiger partial charge < -0.3 is 5.73 Å². The summed E-state index contributed by atoms with van der Waals surface area (Å²) in [6, 6.07) is 10.2. The molecule has 1 aromatic heterocycles. The van der Waals surface area contributed by atoms with E-state index < -0.39 is 0 Å². The summed E-state index contributed by atoms with van der Waals surface area (Å²) in [6.07, 6.45) is 0. The van der Waals surface area contributed by atoms with Crippen molar-refractivity contribution in [2.24, 2.45) is 0 Å². The zero-order chi connectivity index (χ0) is 12.5. The molecular formula is C13H14N4O. The van der Waals surface area contributed by atoms with Crippen LogP contribution in [0.2, 0.25) is 0 Å². The molecule has 0 radical (unpaired) electrons. The van der Waals surface area contributed by atoms with Crippen LogP contribution in [0.5, 0.6) is 0 Å². The lowest BCUT2D eigenvalue weighted by Gasteiger charge is -2.13. The fourth-order valence-corrected chi connectivity index (χ4v) is 2.30. The average Bonchev–Trinajstić information content (AvgIpc) is 2.73. The molecule has 5 nitrogen and oxygen atoms in total. The van der Waals surface area contributed by atoms with Gasteiger partial charge in [0, 0.05) is 19.6 Å². The SMILES string of the molecule is Nc1nc2c(c(=O)[nH]1)CN(Cc1ccccc1)C2. The molecule has 2 aromatic rings. The van der Waals surface area contributed by atoms with Gasteiger partial charge >= 0.3 is 0 Å².